The van der Waals surface area contributed by atoms with E-state index in [-0.39, 0.29) is 11.7 Å². The van der Waals surface area contributed by atoms with E-state index in [9.17, 15) is 13.2 Å². The molecule has 2 saturated heterocycles. The molecule has 0 saturated carbocycles. The molecule has 3 rings (SSSR count). The van der Waals surface area contributed by atoms with Crippen molar-refractivity contribution in [3.63, 3.8) is 0 Å². The highest BCUT2D eigenvalue weighted by molar-refractivity contribution is 7.88. The predicted molar refractivity (Wildman–Crippen MR) is 121 cm³/mol. The number of sulfonamides is 1. The minimum atomic E-state index is -3.28. The molecule has 6 nitrogen and oxygen atoms in total. The molecule has 2 heterocycles. The molecule has 1 aromatic rings. The van der Waals surface area contributed by atoms with Crippen molar-refractivity contribution in [1.29, 1.82) is 0 Å². The van der Waals surface area contributed by atoms with Gasteiger partial charge in [0.1, 0.15) is 0 Å². The summed E-state index contributed by atoms with van der Waals surface area (Å²) in [5.41, 5.74) is 1.31. The summed E-state index contributed by atoms with van der Waals surface area (Å²) in [6.07, 6.45) is 9.05. The minimum absolute atomic E-state index is 0.00330. The number of hydrogen-bond donors (Lipinski definition) is 1. The van der Waals surface area contributed by atoms with E-state index in [1.54, 1.807) is 28.6 Å². The van der Waals surface area contributed by atoms with Gasteiger partial charge in [-0.15, -0.1) is 0 Å². The van der Waals surface area contributed by atoms with Gasteiger partial charge in [0.2, 0.25) is 10.0 Å². The summed E-state index contributed by atoms with van der Waals surface area (Å²) < 4.78 is 26.7. The van der Waals surface area contributed by atoms with E-state index in [4.69, 9.17) is 0 Å². The number of likely N-dealkylation sites (tertiary alicyclic amines) is 1. The summed E-state index contributed by atoms with van der Waals surface area (Å²) in [5.74, 6) is -0.0882. The molecule has 0 aliphatic carbocycles. The van der Waals surface area contributed by atoms with E-state index in [1.807, 2.05) is 0 Å². The molecule has 2 aliphatic heterocycles. The number of amides is 1. The number of piperidine rings is 2. The van der Waals surface area contributed by atoms with E-state index in [0.717, 1.165) is 37.8 Å². The summed E-state index contributed by atoms with van der Waals surface area (Å²) in [6, 6.07) is 7.68. The number of benzene rings is 1. The molecule has 30 heavy (non-hydrogen) atoms. The molecule has 0 aromatic heterocycles. The van der Waals surface area contributed by atoms with Gasteiger partial charge in [-0.25, -0.2) is 12.7 Å². The lowest BCUT2D eigenvalue weighted by molar-refractivity contribution is 0.0947. The molecule has 0 bridgehead atoms. The van der Waals surface area contributed by atoms with Crippen LogP contribution in [0, 0.1) is 0 Å². The lowest BCUT2D eigenvalue weighted by Crippen LogP contribution is -2.40. The van der Waals surface area contributed by atoms with Crippen molar-refractivity contribution < 1.29 is 13.2 Å². The second-order valence-corrected chi connectivity index (χ2v) is 10.6. The van der Waals surface area contributed by atoms with Gasteiger partial charge in [-0.2, -0.15) is 0 Å². The predicted octanol–water partition coefficient (Wildman–Crippen LogP) is 3.39. The Kier molecular flexibility index (Phi) is 8.72. The van der Waals surface area contributed by atoms with E-state index in [2.05, 4.69) is 17.1 Å². The van der Waals surface area contributed by atoms with E-state index in [1.165, 1.54) is 32.2 Å². The molecule has 168 valence electrons. The Labute approximate surface area is 182 Å². The lowest BCUT2D eigenvalue weighted by Gasteiger charge is -2.35. The Morgan fingerprint density at radius 2 is 1.73 bits per heavy atom. The molecule has 2 aliphatic rings. The molecule has 1 amide bonds. The first-order chi connectivity index (χ1) is 14.5. The quantitative estimate of drug-likeness (QED) is 0.604. The van der Waals surface area contributed by atoms with Gasteiger partial charge in [0.05, 0.1) is 5.75 Å². The van der Waals surface area contributed by atoms with Crippen LogP contribution in [0.25, 0.3) is 0 Å². The van der Waals surface area contributed by atoms with Gasteiger partial charge >= 0.3 is 0 Å². The van der Waals surface area contributed by atoms with Gasteiger partial charge in [-0.3, -0.25) is 4.79 Å². The van der Waals surface area contributed by atoms with Crippen molar-refractivity contribution in [2.75, 3.05) is 32.7 Å². The van der Waals surface area contributed by atoms with Crippen LogP contribution in [0.15, 0.2) is 24.3 Å². The summed E-state index contributed by atoms with van der Waals surface area (Å²) in [5, 5.41) is 3.00. The highest BCUT2D eigenvalue weighted by atomic mass is 32.2. The normalized spacial score (nSPS) is 21.4. The third kappa shape index (κ3) is 6.53. The highest BCUT2D eigenvalue weighted by Crippen LogP contribution is 2.19. The Morgan fingerprint density at radius 1 is 1.03 bits per heavy atom. The molecule has 1 N–H and O–H groups in total. The van der Waals surface area contributed by atoms with E-state index < -0.39 is 10.0 Å². The van der Waals surface area contributed by atoms with Crippen LogP contribution in [-0.2, 0) is 15.8 Å². The number of carbonyl (C=O) groups is 1. The third-order valence-corrected chi connectivity index (χ3v) is 8.25. The lowest BCUT2D eigenvalue weighted by atomic mass is 10.00. The second kappa shape index (κ2) is 11.3. The van der Waals surface area contributed by atoms with Crippen molar-refractivity contribution in [3.8, 4) is 0 Å². The highest BCUT2D eigenvalue weighted by Gasteiger charge is 2.24. The van der Waals surface area contributed by atoms with Gasteiger partial charge in [0, 0.05) is 37.8 Å². The van der Waals surface area contributed by atoms with Crippen LogP contribution in [0.5, 0.6) is 0 Å². The topological polar surface area (TPSA) is 69.7 Å². The first kappa shape index (κ1) is 23.2. The van der Waals surface area contributed by atoms with Crippen LogP contribution in [-0.4, -0.2) is 62.3 Å². The van der Waals surface area contributed by atoms with Crippen LogP contribution in [0.1, 0.15) is 74.2 Å². The van der Waals surface area contributed by atoms with Gasteiger partial charge in [-0.05, 0) is 62.8 Å². The zero-order valence-corrected chi connectivity index (χ0v) is 19.1. The smallest absolute Gasteiger partial charge is 0.251 e. The summed E-state index contributed by atoms with van der Waals surface area (Å²) >= 11 is 0. The largest absolute Gasteiger partial charge is 0.352 e. The fourth-order valence-corrected chi connectivity index (χ4v) is 6.21. The summed E-state index contributed by atoms with van der Waals surface area (Å²) in [6.45, 7) is 6.38. The molecule has 0 unspecified atom stereocenters. The third-order valence-electron chi connectivity index (χ3n) is 6.40. The van der Waals surface area contributed by atoms with Crippen molar-refractivity contribution in [2.45, 2.75) is 70.1 Å². The van der Waals surface area contributed by atoms with Crippen LogP contribution < -0.4 is 5.32 Å². The average molecular weight is 436 g/mol. The summed E-state index contributed by atoms with van der Waals surface area (Å²) in [7, 11) is -3.28. The zero-order valence-electron chi connectivity index (χ0n) is 18.3. The second-order valence-electron chi connectivity index (χ2n) is 8.62. The fourth-order valence-electron chi connectivity index (χ4n) is 4.60. The maximum absolute atomic E-state index is 12.6. The van der Waals surface area contributed by atoms with Crippen LogP contribution >= 0.6 is 0 Å². The number of rotatable bonds is 9. The Bertz CT molecular complexity index is 773. The Hall–Kier alpha value is -1.44. The maximum Gasteiger partial charge on any atom is 0.251 e. The number of carbonyl (C=O) groups excluding carboxylic acids is 1. The van der Waals surface area contributed by atoms with Crippen molar-refractivity contribution in [3.05, 3.63) is 35.4 Å². The fraction of sp³-hybridized carbons (Fsp3) is 0.696. The number of nitrogens with one attached hydrogen (secondary N) is 1. The van der Waals surface area contributed by atoms with Crippen LogP contribution in [0.2, 0.25) is 0 Å². The standard InChI is InChI=1S/C23H37N3O3S/c1-2-22-9-4-7-15-25(22)16-8-14-24-23(27)21-12-10-20(11-13-21)19-30(28,29)26-17-5-3-6-18-26/h10-13,22H,2-9,14-19H2,1H3,(H,24,27)/t22-/m0/s1. The molecule has 2 fully saturated rings. The van der Waals surface area contributed by atoms with Crippen molar-refractivity contribution in [1.82, 2.24) is 14.5 Å². The van der Waals surface area contributed by atoms with Crippen molar-refractivity contribution in [2.24, 2.45) is 0 Å². The van der Waals surface area contributed by atoms with Crippen molar-refractivity contribution >= 4 is 15.9 Å². The molecular weight excluding hydrogens is 398 g/mol. The van der Waals surface area contributed by atoms with E-state index >= 15 is 0 Å². The first-order valence-corrected chi connectivity index (χ1v) is 13.2. The van der Waals surface area contributed by atoms with Gasteiger partial charge in [0.15, 0.2) is 0 Å². The minimum Gasteiger partial charge on any atom is -0.352 e. The van der Waals surface area contributed by atoms with E-state index in [0.29, 0.717) is 31.2 Å². The monoisotopic (exact) mass is 435 g/mol. The van der Waals surface area contributed by atoms with Gasteiger partial charge in [0.25, 0.3) is 5.91 Å². The van der Waals surface area contributed by atoms with Crippen LogP contribution in [0.3, 0.4) is 0 Å². The Balaban J connectivity index is 1.43. The average Bonchev–Trinajstić information content (AvgIpc) is 2.77. The molecule has 0 radical (unpaired) electrons. The number of nitrogens with zero attached hydrogens (tertiary/aromatic N) is 2. The maximum atomic E-state index is 12.6. The molecule has 0 spiro atoms. The molecular formula is C23H37N3O3S. The zero-order chi connectivity index (χ0) is 21.4. The molecule has 1 atom stereocenters. The van der Waals surface area contributed by atoms with Gasteiger partial charge < -0.3 is 10.2 Å². The van der Waals surface area contributed by atoms with Crippen LogP contribution in [0.4, 0.5) is 0 Å². The SMILES string of the molecule is CC[C@H]1CCCCN1CCCNC(=O)c1ccc(CS(=O)(=O)N2CCCCC2)cc1. The number of hydrogen-bond acceptors (Lipinski definition) is 4. The first-order valence-electron chi connectivity index (χ1n) is 11.6. The summed E-state index contributed by atoms with van der Waals surface area (Å²) in [4.78, 5) is 15.0. The molecule has 1 aromatic carbocycles. The Morgan fingerprint density at radius 3 is 2.43 bits per heavy atom. The van der Waals surface area contributed by atoms with Gasteiger partial charge in [-0.1, -0.05) is 31.9 Å². The molecule has 7 heteroatoms.